The van der Waals surface area contributed by atoms with Crippen LogP contribution in [-0.4, -0.2) is 19.1 Å². The molecule has 78 valence electrons. The molecule has 1 N–H and O–H groups in total. The Balaban J connectivity index is 1.87. The molecule has 1 aromatic rings. The SMILES string of the molecule is c1ccc(C2NCCC3N=NCC32)cc1. The Labute approximate surface area is 89.6 Å². The number of hydrogen-bond acceptors (Lipinski definition) is 3. The van der Waals surface area contributed by atoms with Gasteiger partial charge in [0, 0.05) is 12.0 Å². The lowest BCUT2D eigenvalue weighted by atomic mass is 9.84. The number of rotatable bonds is 1. The zero-order valence-electron chi connectivity index (χ0n) is 8.63. The second-order valence-electron chi connectivity index (χ2n) is 4.30. The van der Waals surface area contributed by atoms with E-state index in [9.17, 15) is 0 Å². The largest absolute Gasteiger partial charge is 0.309 e. The average molecular weight is 201 g/mol. The average Bonchev–Trinajstić information content (AvgIpc) is 2.78. The van der Waals surface area contributed by atoms with Crippen molar-refractivity contribution >= 4 is 0 Å². The fourth-order valence-electron chi connectivity index (χ4n) is 2.62. The van der Waals surface area contributed by atoms with Gasteiger partial charge in [0.2, 0.25) is 0 Å². The fourth-order valence-corrected chi connectivity index (χ4v) is 2.62. The van der Waals surface area contributed by atoms with Gasteiger partial charge in [-0.05, 0) is 18.5 Å². The monoisotopic (exact) mass is 201 g/mol. The Morgan fingerprint density at radius 1 is 1.20 bits per heavy atom. The van der Waals surface area contributed by atoms with Crippen LogP contribution >= 0.6 is 0 Å². The number of benzene rings is 1. The van der Waals surface area contributed by atoms with E-state index in [2.05, 4.69) is 45.9 Å². The van der Waals surface area contributed by atoms with Gasteiger partial charge in [-0.3, -0.25) is 0 Å². The van der Waals surface area contributed by atoms with Crippen molar-refractivity contribution in [2.45, 2.75) is 18.5 Å². The zero-order chi connectivity index (χ0) is 10.1. The molecule has 3 heteroatoms. The molecule has 0 spiro atoms. The van der Waals surface area contributed by atoms with E-state index in [0.29, 0.717) is 18.0 Å². The molecular formula is C12H15N3. The van der Waals surface area contributed by atoms with Crippen LogP contribution in [0.1, 0.15) is 18.0 Å². The fraction of sp³-hybridized carbons (Fsp3) is 0.500. The van der Waals surface area contributed by atoms with Crippen molar-refractivity contribution in [3.05, 3.63) is 35.9 Å². The maximum absolute atomic E-state index is 4.32. The molecule has 2 aliphatic heterocycles. The summed E-state index contributed by atoms with van der Waals surface area (Å²) in [7, 11) is 0. The standard InChI is InChI=1S/C12H15N3/c1-2-4-9(5-3-1)12-10-8-14-15-11(10)6-7-13-12/h1-5,10-13H,6-8H2. The molecule has 0 aliphatic carbocycles. The maximum Gasteiger partial charge on any atom is 0.0785 e. The molecule has 0 aromatic heterocycles. The van der Waals surface area contributed by atoms with Gasteiger partial charge in [0.25, 0.3) is 0 Å². The minimum atomic E-state index is 0.444. The number of fused-ring (bicyclic) bond motifs is 1. The molecule has 0 saturated carbocycles. The van der Waals surface area contributed by atoms with Crippen LogP contribution in [0.4, 0.5) is 0 Å². The van der Waals surface area contributed by atoms with Crippen LogP contribution in [-0.2, 0) is 0 Å². The number of piperidine rings is 1. The molecule has 0 radical (unpaired) electrons. The first-order chi connectivity index (χ1) is 7.45. The van der Waals surface area contributed by atoms with E-state index in [1.165, 1.54) is 5.56 Å². The van der Waals surface area contributed by atoms with E-state index in [1.54, 1.807) is 0 Å². The first-order valence-corrected chi connectivity index (χ1v) is 5.60. The van der Waals surface area contributed by atoms with Crippen LogP contribution in [0.2, 0.25) is 0 Å². The lowest BCUT2D eigenvalue weighted by Crippen LogP contribution is -2.41. The summed E-state index contributed by atoms with van der Waals surface area (Å²) in [6.45, 7) is 1.94. The van der Waals surface area contributed by atoms with E-state index in [0.717, 1.165) is 19.5 Å². The Hall–Kier alpha value is -1.22. The molecular weight excluding hydrogens is 186 g/mol. The number of nitrogens with one attached hydrogen (secondary N) is 1. The summed E-state index contributed by atoms with van der Waals surface area (Å²) in [6, 6.07) is 11.5. The lowest BCUT2D eigenvalue weighted by Gasteiger charge is -2.32. The molecule has 2 aliphatic rings. The van der Waals surface area contributed by atoms with Gasteiger partial charge in [0.05, 0.1) is 12.6 Å². The molecule has 15 heavy (non-hydrogen) atoms. The van der Waals surface area contributed by atoms with Crippen LogP contribution in [0.15, 0.2) is 40.6 Å². The Bertz CT molecular complexity index is 360. The van der Waals surface area contributed by atoms with Crippen molar-refractivity contribution in [3.63, 3.8) is 0 Å². The summed E-state index contributed by atoms with van der Waals surface area (Å²) < 4.78 is 0. The summed E-state index contributed by atoms with van der Waals surface area (Å²) >= 11 is 0. The Morgan fingerprint density at radius 2 is 2.07 bits per heavy atom. The maximum atomic E-state index is 4.32. The van der Waals surface area contributed by atoms with Gasteiger partial charge in [-0.25, -0.2) is 0 Å². The lowest BCUT2D eigenvalue weighted by molar-refractivity contribution is 0.280. The van der Waals surface area contributed by atoms with Crippen LogP contribution in [0.3, 0.4) is 0 Å². The van der Waals surface area contributed by atoms with Crippen molar-refractivity contribution in [2.75, 3.05) is 13.1 Å². The Morgan fingerprint density at radius 3 is 2.93 bits per heavy atom. The molecule has 0 amide bonds. The summed E-state index contributed by atoms with van der Waals surface area (Å²) in [6.07, 6.45) is 1.14. The highest BCUT2D eigenvalue weighted by atomic mass is 15.2. The van der Waals surface area contributed by atoms with Gasteiger partial charge >= 0.3 is 0 Å². The summed E-state index contributed by atoms with van der Waals surface area (Å²) in [5.41, 5.74) is 1.37. The van der Waals surface area contributed by atoms with Crippen molar-refractivity contribution in [1.82, 2.24) is 5.32 Å². The molecule has 1 aromatic carbocycles. The van der Waals surface area contributed by atoms with E-state index < -0.39 is 0 Å². The van der Waals surface area contributed by atoms with Gasteiger partial charge in [-0.2, -0.15) is 10.2 Å². The van der Waals surface area contributed by atoms with Crippen LogP contribution in [0, 0.1) is 5.92 Å². The number of hydrogen-bond donors (Lipinski definition) is 1. The summed E-state index contributed by atoms with van der Waals surface area (Å²) in [4.78, 5) is 0. The van der Waals surface area contributed by atoms with Crippen LogP contribution in [0.25, 0.3) is 0 Å². The number of nitrogens with zero attached hydrogens (tertiary/aromatic N) is 2. The first kappa shape index (κ1) is 9.04. The minimum absolute atomic E-state index is 0.444. The van der Waals surface area contributed by atoms with Crippen molar-refractivity contribution in [1.29, 1.82) is 0 Å². The van der Waals surface area contributed by atoms with E-state index in [1.807, 2.05) is 0 Å². The Kier molecular flexibility index (Phi) is 2.25. The molecule has 3 unspecified atom stereocenters. The quantitative estimate of drug-likeness (QED) is 0.742. The second kappa shape index (κ2) is 3.74. The highest BCUT2D eigenvalue weighted by Gasteiger charge is 2.36. The van der Waals surface area contributed by atoms with Crippen molar-refractivity contribution in [2.24, 2.45) is 16.1 Å². The predicted octanol–water partition coefficient (Wildman–Crippen LogP) is 2.17. The van der Waals surface area contributed by atoms with E-state index >= 15 is 0 Å². The highest BCUT2D eigenvalue weighted by Crippen LogP contribution is 2.34. The molecule has 3 atom stereocenters. The van der Waals surface area contributed by atoms with Crippen molar-refractivity contribution in [3.8, 4) is 0 Å². The van der Waals surface area contributed by atoms with Gasteiger partial charge < -0.3 is 5.32 Å². The van der Waals surface area contributed by atoms with Gasteiger partial charge in [0.1, 0.15) is 0 Å². The van der Waals surface area contributed by atoms with Gasteiger partial charge in [0.15, 0.2) is 0 Å². The normalized spacial score (nSPS) is 34.0. The van der Waals surface area contributed by atoms with E-state index in [-0.39, 0.29) is 0 Å². The zero-order valence-corrected chi connectivity index (χ0v) is 8.63. The predicted molar refractivity (Wildman–Crippen MR) is 58.8 cm³/mol. The molecule has 1 fully saturated rings. The topological polar surface area (TPSA) is 36.8 Å². The van der Waals surface area contributed by atoms with Crippen LogP contribution < -0.4 is 5.32 Å². The van der Waals surface area contributed by atoms with Crippen molar-refractivity contribution < 1.29 is 0 Å². The van der Waals surface area contributed by atoms with Crippen LogP contribution in [0.5, 0.6) is 0 Å². The third-order valence-electron chi connectivity index (χ3n) is 3.41. The minimum Gasteiger partial charge on any atom is -0.309 e. The molecule has 0 bridgehead atoms. The molecule has 3 rings (SSSR count). The van der Waals surface area contributed by atoms with Gasteiger partial charge in [-0.1, -0.05) is 30.3 Å². The molecule has 3 nitrogen and oxygen atoms in total. The first-order valence-electron chi connectivity index (χ1n) is 5.60. The highest BCUT2D eigenvalue weighted by molar-refractivity contribution is 5.21. The number of azo groups is 1. The second-order valence-corrected chi connectivity index (χ2v) is 4.30. The summed E-state index contributed by atoms with van der Waals surface area (Å²) in [5, 5.41) is 12.1. The third kappa shape index (κ3) is 1.57. The molecule has 1 saturated heterocycles. The molecule has 2 heterocycles. The third-order valence-corrected chi connectivity index (χ3v) is 3.41. The van der Waals surface area contributed by atoms with Gasteiger partial charge in [-0.15, -0.1) is 0 Å². The van der Waals surface area contributed by atoms with E-state index in [4.69, 9.17) is 0 Å². The summed E-state index contributed by atoms with van der Waals surface area (Å²) in [5.74, 6) is 0.571. The smallest absolute Gasteiger partial charge is 0.0785 e.